The highest BCUT2D eigenvalue weighted by molar-refractivity contribution is 5.79. The van der Waals surface area contributed by atoms with E-state index in [4.69, 9.17) is 10.5 Å². The van der Waals surface area contributed by atoms with E-state index >= 15 is 0 Å². The van der Waals surface area contributed by atoms with Gasteiger partial charge in [-0.15, -0.1) is 0 Å². The second-order valence-electron chi connectivity index (χ2n) is 4.31. The monoisotopic (exact) mass is 189 g/mol. The van der Waals surface area contributed by atoms with Crippen LogP contribution in [0.15, 0.2) is 0 Å². The molecule has 78 valence electrons. The van der Waals surface area contributed by atoms with Crippen molar-refractivity contribution in [2.75, 3.05) is 6.54 Å². The number of esters is 1. The zero-order valence-corrected chi connectivity index (χ0v) is 8.76. The molecular weight excluding hydrogens is 170 g/mol. The molecule has 0 saturated carbocycles. The Bertz CT molecular complexity index is 182. The number of carbonyl (C=O) groups excluding carboxylic acids is 1. The summed E-state index contributed by atoms with van der Waals surface area (Å²) in [6.07, 6.45) is 0.210. The van der Waals surface area contributed by atoms with E-state index in [0.717, 1.165) is 0 Å². The van der Waals surface area contributed by atoms with E-state index in [1.807, 2.05) is 0 Å². The molecular formula is C9H19NO3. The maximum atomic E-state index is 11.3. The Morgan fingerprint density at radius 1 is 1.38 bits per heavy atom. The highest BCUT2D eigenvalue weighted by atomic mass is 16.6. The van der Waals surface area contributed by atoms with Crippen LogP contribution in [0.25, 0.3) is 0 Å². The van der Waals surface area contributed by atoms with Crippen LogP contribution < -0.4 is 5.73 Å². The molecule has 0 radical (unpaired) electrons. The Morgan fingerprint density at radius 3 is 2.15 bits per heavy atom. The lowest BCUT2D eigenvalue weighted by molar-refractivity contribution is -0.175. The number of ether oxygens (including phenoxy) is 1. The molecule has 1 atom stereocenters. The van der Waals surface area contributed by atoms with Gasteiger partial charge in [0.15, 0.2) is 5.60 Å². The first-order valence-electron chi connectivity index (χ1n) is 4.35. The molecule has 0 aromatic heterocycles. The van der Waals surface area contributed by atoms with Gasteiger partial charge in [0.25, 0.3) is 0 Å². The van der Waals surface area contributed by atoms with Gasteiger partial charge in [0.2, 0.25) is 0 Å². The number of rotatable bonds is 3. The molecule has 13 heavy (non-hydrogen) atoms. The smallest absolute Gasteiger partial charge is 0.338 e. The van der Waals surface area contributed by atoms with Crippen molar-refractivity contribution in [1.29, 1.82) is 0 Å². The minimum Gasteiger partial charge on any atom is -0.458 e. The van der Waals surface area contributed by atoms with Crippen molar-refractivity contribution in [2.45, 2.75) is 45.3 Å². The maximum Gasteiger partial charge on any atom is 0.338 e. The summed E-state index contributed by atoms with van der Waals surface area (Å²) in [5, 5.41) is 9.59. The van der Waals surface area contributed by atoms with Crippen LogP contribution in [0.5, 0.6) is 0 Å². The van der Waals surface area contributed by atoms with Crippen LogP contribution in [0, 0.1) is 0 Å². The molecule has 0 saturated heterocycles. The molecule has 4 nitrogen and oxygen atoms in total. The summed E-state index contributed by atoms with van der Waals surface area (Å²) in [5.41, 5.74) is 3.20. The number of hydrogen-bond donors (Lipinski definition) is 2. The van der Waals surface area contributed by atoms with E-state index in [2.05, 4.69) is 0 Å². The van der Waals surface area contributed by atoms with Gasteiger partial charge < -0.3 is 15.6 Å². The van der Waals surface area contributed by atoms with Crippen molar-refractivity contribution < 1.29 is 14.6 Å². The van der Waals surface area contributed by atoms with Crippen LogP contribution in [0.4, 0.5) is 0 Å². The van der Waals surface area contributed by atoms with Crippen molar-refractivity contribution in [3.63, 3.8) is 0 Å². The molecule has 0 aromatic rings. The SMILES string of the molecule is CC(C)(C)OC(=O)C(C)(O)CCN. The van der Waals surface area contributed by atoms with Gasteiger partial charge >= 0.3 is 5.97 Å². The van der Waals surface area contributed by atoms with Gasteiger partial charge in [-0.1, -0.05) is 0 Å². The third kappa shape index (κ3) is 4.85. The molecule has 3 N–H and O–H groups in total. The summed E-state index contributed by atoms with van der Waals surface area (Å²) in [6.45, 7) is 6.93. The molecule has 0 amide bonds. The molecule has 0 heterocycles. The van der Waals surface area contributed by atoms with Crippen molar-refractivity contribution in [1.82, 2.24) is 0 Å². The lowest BCUT2D eigenvalue weighted by Gasteiger charge is -2.26. The van der Waals surface area contributed by atoms with Crippen LogP contribution in [0.1, 0.15) is 34.1 Å². The molecule has 0 fully saturated rings. The van der Waals surface area contributed by atoms with Gasteiger partial charge in [0, 0.05) is 0 Å². The van der Waals surface area contributed by atoms with Crippen LogP contribution in [0.3, 0.4) is 0 Å². The maximum absolute atomic E-state index is 11.3. The van der Waals surface area contributed by atoms with E-state index in [9.17, 15) is 9.90 Å². The van der Waals surface area contributed by atoms with Crippen LogP contribution >= 0.6 is 0 Å². The quantitative estimate of drug-likeness (QED) is 0.631. The molecule has 0 aliphatic carbocycles. The summed E-state index contributed by atoms with van der Waals surface area (Å²) < 4.78 is 5.01. The van der Waals surface area contributed by atoms with E-state index in [1.165, 1.54) is 6.92 Å². The first-order chi connectivity index (χ1) is 5.69. The fourth-order valence-electron chi connectivity index (χ4n) is 0.771. The van der Waals surface area contributed by atoms with E-state index in [0.29, 0.717) is 0 Å². The van der Waals surface area contributed by atoms with Gasteiger partial charge in [-0.3, -0.25) is 0 Å². The second-order valence-corrected chi connectivity index (χ2v) is 4.31. The summed E-state index contributed by atoms with van der Waals surface area (Å²) in [7, 11) is 0. The number of carbonyl (C=O) groups is 1. The number of aliphatic hydroxyl groups is 1. The van der Waals surface area contributed by atoms with Gasteiger partial charge in [-0.2, -0.15) is 0 Å². The standard InChI is InChI=1S/C9H19NO3/c1-8(2,3)13-7(11)9(4,12)5-6-10/h12H,5-6,10H2,1-4H3. The highest BCUT2D eigenvalue weighted by Gasteiger charge is 2.33. The minimum atomic E-state index is -1.47. The summed E-state index contributed by atoms with van der Waals surface area (Å²) in [4.78, 5) is 11.3. The zero-order chi connectivity index (χ0) is 10.7. The van der Waals surface area contributed by atoms with Crippen molar-refractivity contribution in [3.05, 3.63) is 0 Å². The fourth-order valence-corrected chi connectivity index (χ4v) is 0.771. The normalized spacial score (nSPS) is 16.5. The Hall–Kier alpha value is -0.610. The number of hydrogen-bond acceptors (Lipinski definition) is 4. The van der Waals surface area contributed by atoms with Crippen LogP contribution in [0.2, 0.25) is 0 Å². The van der Waals surface area contributed by atoms with Crippen molar-refractivity contribution >= 4 is 5.97 Å². The predicted molar refractivity (Wildman–Crippen MR) is 50.1 cm³/mol. The lowest BCUT2D eigenvalue weighted by Crippen LogP contribution is -2.42. The Labute approximate surface area is 79.1 Å². The highest BCUT2D eigenvalue weighted by Crippen LogP contribution is 2.16. The molecule has 0 bridgehead atoms. The molecule has 4 heteroatoms. The average molecular weight is 189 g/mol. The third-order valence-corrected chi connectivity index (χ3v) is 1.47. The molecule has 0 aliphatic heterocycles. The summed E-state index contributed by atoms with van der Waals surface area (Å²) in [6, 6.07) is 0. The molecule has 0 aromatic carbocycles. The molecule has 0 rings (SSSR count). The fraction of sp³-hybridized carbons (Fsp3) is 0.889. The van der Waals surface area contributed by atoms with Crippen LogP contribution in [-0.2, 0) is 9.53 Å². The lowest BCUT2D eigenvalue weighted by atomic mass is 10.0. The van der Waals surface area contributed by atoms with Crippen molar-refractivity contribution in [2.24, 2.45) is 5.73 Å². The van der Waals surface area contributed by atoms with E-state index < -0.39 is 17.2 Å². The predicted octanol–water partition coefficient (Wildman–Crippen LogP) is 0.428. The van der Waals surface area contributed by atoms with Gasteiger partial charge in [0.1, 0.15) is 5.60 Å². The Kier molecular flexibility index (Phi) is 3.88. The topological polar surface area (TPSA) is 72.5 Å². The first-order valence-corrected chi connectivity index (χ1v) is 4.35. The summed E-state index contributed by atoms with van der Waals surface area (Å²) in [5.74, 6) is -0.620. The zero-order valence-electron chi connectivity index (χ0n) is 8.76. The summed E-state index contributed by atoms with van der Waals surface area (Å²) >= 11 is 0. The van der Waals surface area contributed by atoms with Crippen LogP contribution in [-0.4, -0.2) is 28.8 Å². The second kappa shape index (κ2) is 4.07. The minimum absolute atomic E-state index is 0.210. The van der Waals surface area contributed by atoms with Crippen molar-refractivity contribution in [3.8, 4) is 0 Å². The molecule has 1 unspecified atom stereocenters. The molecule has 0 aliphatic rings. The van der Waals surface area contributed by atoms with E-state index in [-0.39, 0.29) is 13.0 Å². The van der Waals surface area contributed by atoms with Gasteiger partial charge in [-0.05, 0) is 40.7 Å². The van der Waals surface area contributed by atoms with E-state index in [1.54, 1.807) is 20.8 Å². The largest absolute Gasteiger partial charge is 0.458 e. The third-order valence-electron chi connectivity index (χ3n) is 1.47. The Balaban J connectivity index is 4.25. The number of nitrogens with two attached hydrogens (primary N) is 1. The van der Waals surface area contributed by atoms with Gasteiger partial charge in [0.05, 0.1) is 0 Å². The average Bonchev–Trinajstić information content (AvgIpc) is 1.82. The Morgan fingerprint density at radius 2 is 1.85 bits per heavy atom. The van der Waals surface area contributed by atoms with Gasteiger partial charge in [-0.25, -0.2) is 4.79 Å². The first kappa shape index (κ1) is 12.4. The molecule has 0 spiro atoms.